The van der Waals surface area contributed by atoms with Gasteiger partial charge in [-0.05, 0) is 55.7 Å². The van der Waals surface area contributed by atoms with Gasteiger partial charge in [-0.15, -0.1) is 11.8 Å². The molecule has 1 aromatic heterocycles. The third-order valence-corrected chi connectivity index (χ3v) is 8.33. The predicted molar refractivity (Wildman–Crippen MR) is 161 cm³/mol. The number of rotatable bonds is 8. The number of anilines is 1. The van der Waals surface area contributed by atoms with Gasteiger partial charge in [-0.2, -0.15) is 5.10 Å². The minimum atomic E-state index is -0.341. The molecule has 4 rings (SSSR count). The molecule has 0 aliphatic carbocycles. The summed E-state index contributed by atoms with van der Waals surface area (Å²) in [4.78, 5) is 28.6. The second kappa shape index (κ2) is 12.0. The lowest BCUT2D eigenvalue weighted by atomic mass is 9.87. The predicted octanol–water partition coefficient (Wildman–Crippen LogP) is 5.58. The highest BCUT2D eigenvalue weighted by Crippen LogP contribution is 2.49. The third kappa shape index (κ3) is 5.99. The van der Waals surface area contributed by atoms with Gasteiger partial charge in [0, 0.05) is 17.0 Å². The molecular formula is C31H40N4O4S. The van der Waals surface area contributed by atoms with Gasteiger partial charge in [0.25, 0.3) is 0 Å². The zero-order chi connectivity index (χ0) is 29.2. The summed E-state index contributed by atoms with van der Waals surface area (Å²) in [5.74, 6) is 1.76. The van der Waals surface area contributed by atoms with Crippen LogP contribution >= 0.6 is 11.8 Å². The van der Waals surface area contributed by atoms with Gasteiger partial charge in [-0.3, -0.25) is 14.5 Å². The number of amides is 2. The molecule has 1 aliphatic rings. The van der Waals surface area contributed by atoms with E-state index in [-0.39, 0.29) is 40.8 Å². The lowest BCUT2D eigenvalue weighted by Crippen LogP contribution is -2.44. The van der Waals surface area contributed by atoms with E-state index in [0.717, 1.165) is 34.5 Å². The Morgan fingerprint density at radius 2 is 1.88 bits per heavy atom. The van der Waals surface area contributed by atoms with Gasteiger partial charge in [-0.1, -0.05) is 45.9 Å². The molecule has 0 fully saturated rings. The van der Waals surface area contributed by atoms with Crippen molar-refractivity contribution in [3.63, 3.8) is 0 Å². The molecule has 3 aromatic rings. The van der Waals surface area contributed by atoms with E-state index in [1.807, 2.05) is 67.9 Å². The van der Waals surface area contributed by atoms with Crippen LogP contribution in [0.4, 0.5) is 5.82 Å². The molecule has 0 radical (unpaired) electrons. The summed E-state index contributed by atoms with van der Waals surface area (Å²) in [6, 6.07) is 13.9. The number of methoxy groups -OCH3 is 2. The van der Waals surface area contributed by atoms with Crippen LogP contribution in [0, 0.1) is 6.92 Å². The number of carbonyl (C=O) groups excluding carboxylic acids is 2. The Hall–Kier alpha value is -3.46. The van der Waals surface area contributed by atoms with Crippen LogP contribution in [-0.2, 0) is 15.0 Å². The molecule has 0 bridgehead atoms. The van der Waals surface area contributed by atoms with Crippen LogP contribution < -0.4 is 19.7 Å². The van der Waals surface area contributed by atoms with E-state index in [1.54, 1.807) is 19.1 Å². The van der Waals surface area contributed by atoms with Crippen molar-refractivity contribution in [2.45, 2.75) is 64.7 Å². The number of nitrogens with one attached hydrogen (secondary N) is 1. The summed E-state index contributed by atoms with van der Waals surface area (Å²) in [5, 5.41) is 7.96. The molecule has 0 spiro atoms. The number of benzene rings is 2. The fourth-order valence-electron chi connectivity index (χ4n) is 4.86. The number of ether oxygens (including phenoxy) is 2. The van der Waals surface area contributed by atoms with E-state index in [0.29, 0.717) is 17.3 Å². The van der Waals surface area contributed by atoms with Gasteiger partial charge in [0.15, 0.2) is 11.5 Å². The Kier molecular flexibility index (Phi) is 8.83. The van der Waals surface area contributed by atoms with E-state index in [4.69, 9.17) is 14.6 Å². The summed E-state index contributed by atoms with van der Waals surface area (Å²) >= 11 is 1.54. The normalized spacial score (nSPS) is 16.2. The van der Waals surface area contributed by atoms with Crippen molar-refractivity contribution < 1.29 is 19.1 Å². The second-order valence-corrected chi connectivity index (χ2v) is 12.3. The average molecular weight is 565 g/mol. The highest BCUT2D eigenvalue weighted by molar-refractivity contribution is 8.00. The SMILES string of the molecule is CC[C@@H](C)NC(=O)CN1C(=O)CS[C@@H](c2ccc(OC)c(OC)c2)c2c(C(C)(C)C)nn(-c3cccc(C)c3)c21. The number of nitrogens with zero attached hydrogens (tertiary/aromatic N) is 3. The molecule has 0 saturated heterocycles. The number of hydrogen-bond acceptors (Lipinski definition) is 6. The molecule has 9 heteroatoms. The van der Waals surface area contributed by atoms with Crippen molar-refractivity contribution in [2.75, 3.05) is 31.4 Å². The zero-order valence-corrected chi connectivity index (χ0v) is 25.5. The summed E-state index contributed by atoms with van der Waals surface area (Å²) in [6.07, 6.45) is 0.803. The molecule has 2 atom stereocenters. The van der Waals surface area contributed by atoms with E-state index in [9.17, 15) is 9.59 Å². The maximum atomic E-state index is 13.8. The van der Waals surface area contributed by atoms with Crippen molar-refractivity contribution in [2.24, 2.45) is 0 Å². The van der Waals surface area contributed by atoms with Gasteiger partial charge in [0.1, 0.15) is 12.4 Å². The molecule has 0 unspecified atom stereocenters. The number of fused-ring (bicyclic) bond motifs is 1. The number of aromatic nitrogens is 2. The first-order valence-corrected chi connectivity index (χ1v) is 14.7. The van der Waals surface area contributed by atoms with E-state index >= 15 is 0 Å². The topological polar surface area (TPSA) is 85.7 Å². The molecule has 40 heavy (non-hydrogen) atoms. The highest BCUT2D eigenvalue weighted by Gasteiger charge is 2.40. The molecule has 1 N–H and O–H groups in total. The molecule has 1 aliphatic heterocycles. The summed E-state index contributed by atoms with van der Waals surface area (Å²) in [6.45, 7) is 12.3. The lowest BCUT2D eigenvalue weighted by Gasteiger charge is -2.25. The van der Waals surface area contributed by atoms with Crippen molar-refractivity contribution in [1.29, 1.82) is 0 Å². The monoisotopic (exact) mass is 564 g/mol. The maximum absolute atomic E-state index is 13.8. The van der Waals surface area contributed by atoms with E-state index in [1.165, 1.54) is 11.8 Å². The average Bonchev–Trinajstić information content (AvgIpc) is 3.26. The zero-order valence-electron chi connectivity index (χ0n) is 24.7. The van der Waals surface area contributed by atoms with Crippen molar-refractivity contribution >= 4 is 29.4 Å². The first-order valence-electron chi connectivity index (χ1n) is 13.6. The van der Waals surface area contributed by atoms with Crippen LogP contribution in [0.25, 0.3) is 5.69 Å². The van der Waals surface area contributed by atoms with Crippen molar-refractivity contribution in [3.05, 3.63) is 64.8 Å². The quantitative estimate of drug-likeness (QED) is 0.385. The third-order valence-electron chi connectivity index (χ3n) is 7.08. The van der Waals surface area contributed by atoms with Gasteiger partial charge in [0.05, 0.1) is 36.6 Å². The first kappa shape index (κ1) is 29.5. The Labute approximate surface area is 241 Å². The standard InChI is InChI=1S/C31H40N4O4S/c1-9-20(3)32-25(36)17-34-26(37)18-40-28(21-13-14-23(38-7)24(16-21)39-8)27-29(31(4,5)6)33-35(30(27)34)22-12-10-11-19(2)15-22/h10-16,20,28H,9,17-18H2,1-8H3,(H,32,36)/t20-,28+/m1/s1. The van der Waals surface area contributed by atoms with Crippen molar-refractivity contribution in [3.8, 4) is 17.2 Å². The van der Waals surface area contributed by atoms with Crippen LogP contribution in [0.15, 0.2) is 42.5 Å². The summed E-state index contributed by atoms with van der Waals surface area (Å²) < 4.78 is 13.0. The molecule has 214 valence electrons. The van der Waals surface area contributed by atoms with Gasteiger partial charge < -0.3 is 14.8 Å². The molecule has 0 saturated carbocycles. The molecular weight excluding hydrogens is 524 g/mol. The summed E-state index contributed by atoms with van der Waals surface area (Å²) in [5.41, 5.74) is 4.34. The molecule has 2 heterocycles. The van der Waals surface area contributed by atoms with Crippen LogP contribution in [0.1, 0.15) is 68.7 Å². The Morgan fingerprint density at radius 3 is 2.50 bits per heavy atom. The number of hydrogen-bond donors (Lipinski definition) is 1. The van der Waals surface area contributed by atoms with Crippen LogP contribution in [0.5, 0.6) is 11.5 Å². The van der Waals surface area contributed by atoms with Gasteiger partial charge in [0.2, 0.25) is 11.8 Å². The van der Waals surface area contributed by atoms with Crippen molar-refractivity contribution in [1.82, 2.24) is 15.1 Å². The van der Waals surface area contributed by atoms with E-state index < -0.39 is 0 Å². The summed E-state index contributed by atoms with van der Waals surface area (Å²) in [7, 11) is 3.23. The maximum Gasteiger partial charge on any atom is 0.240 e. The fraction of sp³-hybridized carbons (Fsp3) is 0.452. The number of thioether (sulfide) groups is 1. The number of aryl methyl sites for hydroxylation is 1. The lowest BCUT2D eigenvalue weighted by molar-refractivity contribution is -0.123. The highest BCUT2D eigenvalue weighted by atomic mass is 32.2. The fourth-order valence-corrected chi connectivity index (χ4v) is 6.05. The van der Waals surface area contributed by atoms with Crippen LogP contribution in [-0.4, -0.2) is 54.2 Å². The van der Waals surface area contributed by atoms with Crippen LogP contribution in [0.2, 0.25) is 0 Å². The Balaban J connectivity index is 2.00. The van der Waals surface area contributed by atoms with Gasteiger partial charge in [-0.25, -0.2) is 4.68 Å². The molecule has 2 aromatic carbocycles. The molecule has 2 amide bonds. The smallest absolute Gasteiger partial charge is 0.240 e. The number of carbonyl (C=O) groups is 2. The van der Waals surface area contributed by atoms with Crippen LogP contribution in [0.3, 0.4) is 0 Å². The second-order valence-electron chi connectivity index (χ2n) is 11.2. The molecule has 8 nitrogen and oxygen atoms in total. The minimum Gasteiger partial charge on any atom is -0.493 e. The first-order chi connectivity index (χ1) is 19.0. The Morgan fingerprint density at radius 1 is 1.15 bits per heavy atom. The van der Waals surface area contributed by atoms with E-state index in [2.05, 4.69) is 26.1 Å². The minimum absolute atomic E-state index is 0.00903. The largest absolute Gasteiger partial charge is 0.493 e. The Bertz CT molecular complexity index is 1390. The van der Waals surface area contributed by atoms with Gasteiger partial charge >= 0.3 is 0 Å².